The number of pyridine rings is 1. The third kappa shape index (κ3) is 8.08. The fourth-order valence-corrected chi connectivity index (χ4v) is 2.74. The second kappa shape index (κ2) is 12.0. The molecule has 1 amide bonds. The highest BCUT2D eigenvalue weighted by Gasteiger charge is 2.03. The molecule has 4 heteroatoms. The minimum Gasteiger partial charge on any atom is -0.353 e. The molecule has 0 aliphatic heterocycles. The molecule has 2 aromatic rings. The van der Waals surface area contributed by atoms with Crippen LogP contribution in [-0.4, -0.2) is 35.4 Å². The minimum absolute atomic E-state index is 0.0480. The average molecular weight is 351 g/mol. The van der Waals surface area contributed by atoms with Crippen molar-refractivity contribution in [2.24, 2.45) is 0 Å². The van der Waals surface area contributed by atoms with Crippen molar-refractivity contribution in [1.82, 2.24) is 15.2 Å². The molecular weight excluding hydrogens is 322 g/mol. The summed E-state index contributed by atoms with van der Waals surface area (Å²) in [6, 6.07) is 14.4. The lowest BCUT2D eigenvalue weighted by molar-refractivity contribution is -0.116. The number of nitrogens with zero attached hydrogens (tertiary/aromatic N) is 2. The molecule has 0 radical (unpaired) electrons. The Balaban J connectivity index is 1.55. The second-order valence-corrected chi connectivity index (χ2v) is 6.33. The van der Waals surface area contributed by atoms with E-state index in [0.29, 0.717) is 0 Å². The zero-order valence-corrected chi connectivity index (χ0v) is 15.6. The van der Waals surface area contributed by atoms with E-state index >= 15 is 0 Å². The molecule has 0 spiro atoms. The van der Waals surface area contributed by atoms with Gasteiger partial charge in [-0.15, -0.1) is 0 Å². The molecule has 0 saturated carbocycles. The van der Waals surface area contributed by atoms with Crippen LogP contribution in [0.25, 0.3) is 6.08 Å². The van der Waals surface area contributed by atoms with E-state index in [4.69, 9.17) is 0 Å². The summed E-state index contributed by atoms with van der Waals surface area (Å²) in [5, 5.41) is 2.94. The van der Waals surface area contributed by atoms with Crippen LogP contribution in [0.1, 0.15) is 37.3 Å². The molecule has 0 aliphatic carbocycles. The van der Waals surface area contributed by atoms with E-state index in [-0.39, 0.29) is 5.91 Å². The molecule has 26 heavy (non-hydrogen) atoms. The molecule has 1 aromatic carbocycles. The summed E-state index contributed by atoms with van der Waals surface area (Å²) >= 11 is 0. The predicted octanol–water partition coefficient (Wildman–Crippen LogP) is 3.90. The number of aromatic nitrogens is 1. The van der Waals surface area contributed by atoms with E-state index in [0.717, 1.165) is 51.0 Å². The summed E-state index contributed by atoms with van der Waals surface area (Å²) in [4.78, 5) is 18.3. The van der Waals surface area contributed by atoms with Gasteiger partial charge in [-0.25, -0.2) is 0 Å². The van der Waals surface area contributed by atoms with Crippen molar-refractivity contribution >= 4 is 12.0 Å². The van der Waals surface area contributed by atoms with Gasteiger partial charge in [-0.2, -0.15) is 0 Å². The van der Waals surface area contributed by atoms with Gasteiger partial charge in [-0.3, -0.25) is 14.7 Å². The van der Waals surface area contributed by atoms with E-state index in [1.807, 2.05) is 12.1 Å². The van der Waals surface area contributed by atoms with Crippen LogP contribution in [0.4, 0.5) is 0 Å². The molecule has 0 unspecified atom stereocenters. The van der Waals surface area contributed by atoms with Crippen LogP contribution in [-0.2, 0) is 11.3 Å². The predicted molar refractivity (Wildman–Crippen MR) is 108 cm³/mol. The Morgan fingerprint density at radius 2 is 1.96 bits per heavy atom. The van der Waals surface area contributed by atoms with Gasteiger partial charge < -0.3 is 5.32 Å². The number of nitrogens with one attached hydrogen (secondary N) is 1. The van der Waals surface area contributed by atoms with Crippen LogP contribution in [0.2, 0.25) is 0 Å². The summed E-state index contributed by atoms with van der Waals surface area (Å²) in [6.07, 6.45) is 10.1. The molecule has 2 rings (SSSR count). The third-order valence-electron chi connectivity index (χ3n) is 4.26. The molecule has 0 fully saturated rings. The summed E-state index contributed by atoms with van der Waals surface area (Å²) in [7, 11) is 0. The SMILES string of the molecule is CCN(CCCCCNC(=O)/C=C/c1cccnc1)Cc1ccccc1. The Labute approximate surface area is 157 Å². The van der Waals surface area contributed by atoms with Crippen LogP contribution in [0.3, 0.4) is 0 Å². The van der Waals surface area contributed by atoms with Crippen molar-refractivity contribution in [3.8, 4) is 0 Å². The summed E-state index contributed by atoms with van der Waals surface area (Å²) < 4.78 is 0. The monoisotopic (exact) mass is 351 g/mol. The lowest BCUT2D eigenvalue weighted by Crippen LogP contribution is -2.25. The van der Waals surface area contributed by atoms with Gasteiger partial charge in [0, 0.05) is 31.6 Å². The molecular formula is C22H29N3O. The molecule has 4 nitrogen and oxygen atoms in total. The van der Waals surface area contributed by atoms with Crippen LogP contribution in [0.15, 0.2) is 60.9 Å². The molecule has 0 atom stereocenters. The number of hydrogen-bond donors (Lipinski definition) is 1. The van der Waals surface area contributed by atoms with Gasteiger partial charge >= 0.3 is 0 Å². The van der Waals surface area contributed by atoms with Gasteiger partial charge in [-0.05, 0) is 49.2 Å². The van der Waals surface area contributed by atoms with Crippen molar-refractivity contribution in [3.63, 3.8) is 0 Å². The number of benzene rings is 1. The zero-order valence-electron chi connectivity index (χ0n) is 15.6. The standard InChI is InChI=1S/C22H29N3O/c1-2-25(19-21-10-5-3-6-11-21)17-8-4-7-16-24-22(26)14-13-20-12-9-15-23-18-20/h3,5-6,9-15,18H,2,4,7-8,16-17,19H2,1H3,(H,24,26)/b14-13+. The number of hydrogen-bond acceptors (Lipinski definition) is 3. The summed E-state index contributed by atoms with van der Waals surface area (Å²) in [5.41, 5.74) is 2.29. The molecule has 0 aliphatic rings. The number of carbonyl (C=O) groups is 1. The van der Waals surface area contributed by atoms with Crippen LogP contribution < -0.4 is 5.32 Å². The Kier molecular flexibility index (Phi) is 9.15. The average Bonchev–Trinajstić information content (AvgIpc) is 2.69. The summed E-state index contributed by atoms with van der Waals surface area (Å²) in [5.74, 6) is -0.0480. The minimum atomic E-state index is -0.0480. The van der Waals surface area contributed by atoms with Crippen molar-refractivity contribution in [3.05, 3.63) is 72.1 Å². The van der Waals surface area contributed by atoms with E-state index in [2.05, 4.69) is 52.5 Å². The molecule has 1 aromatic heterocycles. The maximum absolute atomic E-state index is 11.8. The lowest BCUT2D eigenvalue weighted by atomic mass is 10.2. The highest BCUT2D eigenvalue weighted by atomic mass is 16.1. The number of rotatable bonds is 11. The van der Waals surface area contributed by atoms with Crippen LogP contribution >= 0.6 is 0 Å². The van der Waals surface area contributed by atoms with Gasteiger partial charge in [-0.1, -0.05) is 49.7 Å². The molecule has 0 bridgehead atoms. The fourth-order valence-electron chi connectivity index (χ4n) is 2.74. The molecule has 138 valence electrons. The maximum atomic E-state index is 11.8. The van der Waals surface area contributed by atoms with E-state index in [1.54, 1.807) is 24.5 Å². The van der Waals surface area contributed by atoms with Gasteiger partial charge in [0.05, 0.1) is 0 Å². The van der Waals surface area contributed by atoms with Gasteiger partial charge in [0.2, 0.25) is 5.91 Å². The largest absolute Gasteiger partial charge is 0.353 e. The first-order valence-electron chi connectivity index (χ1n) is 9.40. The van der Waals surface area contributed by atoms with Gasteiger partial charge in [0.25, 0.3) is 0 Å². The normalized spacial score (nSPS) is 11.2. The Morgan fingerprint density at radius 3 is 2.69 bits per heavy atom. The van der Waals surface area contributed by atoms with Crippen molar-refractivity contribution in [2.75, 3.05) is 19.6 Å². The lowest BCUT2D eigenvalue weighted by Gasteiger charge is -2.20. The first-order chi connectivity index (χ1) is 12.8. The van der Waals surface area contributed by atoms with E-state index in [9.17, 15) is 4.79 Å². The van der Waals surface area contributed by atoms with Gasteiger partial charge in [0.1, 0.15) is 0 Å². The Bertz CT molecular complexity index is 656. The maximum Gasteiger partial charge on any atom is 0.243 e. The zero-order chi connectivity index (χ0) is 18.5. The first-order valence-corrected chi connectivity index (χ1v) is 9.40. The number of carbonyl (C=O) groups excluding carboxylic acids is 1. The molecule has 1 N–H and O–H groups in total. The van der Waals surface area contributed by atoms with E-state index in [1.165, 1.54) is 5.56 Å². The molecule has 0 saturated heterocycles. The van der Waals surface area contributed by atoms with E-state index < -0.39 is 0 Å². The third-order valence-corrected chi connectivity index (χ3v) is 4.26. The highest BCUT2D eigenvalue weighted by Crippen LogP contribution is 2.06. The number of unbranched alkanes of at least 4 members (excludes halogenated alkanes) is 2. The fraction of sp³-hybridized carbons (Fsp3) is 0.364. The smallest absolute Gasteiger partial charge is 0.243 e. The topological polar surface area (TPSA) is 45.2 Å². The second-order valence-electron chi connectivity index (χ2n) is 6.33. The van der Waals surface area contributed by atoms with Crippen molar-refractivity contribution in [2.45, 2.75) is 32.7 Å². The summed E-state index contributed by atoms with van der Waals surface area (Å²) in [6.45, 7) is 6.09. The molecule has 1 heterocycles. The Morgan fingerprint density at radius 1 is 1.12 bits per heavy atom. The van der Waals surface area contributed by atoms with Gasteiger partial charge in [0.15, 0.2) is 0 Å². The first kappa shape index (κ1) is 19.9. The number of amides is 1. The van der Waals surface area contributed by atoms with Crippen molar-refractivity contribution < 1.29 is 4.79 Å². The Hall–Kier alpha value is -2.46. The van der Waals surface area contributed by atoms with Crippen molar-refractivity contribution in [1.29, 1.82) is 0 Å². The highest BCUT2D eigenvalue weighted by molar-refractivity contribution is 5.91. The van der Waals surface area contributed by atoms with Crippen LogP contribution in [0.5, 0.6) is 0 Å². The van der Waals surface area contributed by atoms with Crippen LogP contribution in [0, 0.1) is 0 Å². The quantitative estimate of drug-likeness (QED) is 0.493.